The molecule has 0 radical (unpaired) electrons. The van der Waals surface area contributed by atoms with Crippen molar-refractivity contribution in [3.8, 4) is 0 Å². The number of rotatable bonds is 6. The highest BCUT2D eigenvalue weighted by Crippen LogP contribution is 2.24. The molecule has 5 heteroatoms. The van der Waals surface area contributed by atoms with Crippen molar-refractivity contribution in [2.45, 2.75) is 25.8 Å². The van der Waals surface area contributed by atoms with Crippen LogP contribution in [-0.2, 0) is 22.4 Å². The molecule has 1 aromatic heterocycles. The minimum absolute atomic E-state index is 0.238. The first kappa shape index (κ1) is 14.8. The lowest BCUT2D eigenvalue weighted by atomic mass is 10.0. The third-order valence-electron chi connectivity index (χ3n) is 3.33. The van der Waals surface area contributed by atoms with Crippen LogP contribution in [0.2, 0.25) is 0 Å². The molecule has 0 spiro atoms. The quantitative estimate of drug-likeness (QED) is 0.711. The van der Waals surface area contributed by atoms with Crippen LogP contribution in [-0.4, -0.2) is 28.0 Å². The summed E-state index contributed by atoms with van der Waals surface area (Å²) in [7, 11) is 0. The SMILES string of the molecule is C=CCc1[nH]c2ccccc2c1CC(NC(C)=O)C(=O)O. The van der Waals surface area contributed by atoms with E-state index in [1.807, 2.05) is 24.3 Å². The van der Waals surface area contributed by atoms with Crippen LogP contribution in [0.25, 0.3) is 10.9 Å². The maximum atomic E-state index is 11.3. The number of allylic oxidation sites excluding steroid dienone is 1. The summed E-state index contributed by atoms with van der Waals surface area (Å²) in [4.78, 5) is 25.8. The highest BCUT2D eigenvalue weighted by atomic mass is 16.4. The van der Waals surface area contributed by atoms with E-state index in [2.05, 4.69) is 16.9 Å². The molecule has 0 bridgehead atoms. The van der Waals surface area contributed by atoms with Gasteiger partial charge in [0.15, 0.2) is 0 Å². The Bertz CT molecular complexity index is 688. The molecule has 2 aromatic rings. The van der Waals surface area contributed by atoms with E-state index < -0.39 is 12.0 Å². The zero-order valence-electron chi connectivity index (χ0n) is 11.8. The maximum Gasteiger partial charge on any atom is 0.326 e. The predicted octanol–water partition coefficient (Wildman–Crippen LogP) is 2.03. The summed E-state index contributed by atoms with van der Waals surface area (Å²) >= 11 is 0. The van der Waals surface area contributed by atoms with Crippen LogP contribution in [0.1, 0.15) is 18.2 Å². The summed E-state index contributed by atoms with van der Waals surface area (Å²) in [5.74, 6) is -1.40. The first-order valence-electron chi connectivity index (χ1n) is 6.72. The first-order valence-corrected chi connectivity index (χ1v) is 6.72. The van der Waals surface area contributed by atoms with Gasteiger partial charge in [-0.1, -0.05) is 24.3 Å². The molecule has 5 nitrogen and oxygen atoms in total. The third kappa shape index (κ3) is 3.31. The Balaban J connectivity index is 2.42. The fourth-order valence-electron chi connectivity index (χ4n) is 2.46. The molecule has 2 rings (SSSR count). The van der Waals surface area contributed by atoms with Crippen molar-refractivity contribution in [2.24, 2.45) is 0 Å². The van der Waals surface area contributed by atoms with E-state index >= 15 is 0 Å². The molecule has 110 valence electrons. The van der Waals surface area contributed by atoms with Crippen molar-refractivity contribution in [2.75, 3.05) is 0 Å². The van der Waals surface area contributed by atoms with E-state index in [9.17, 15) is 14.7 Å². The molecule has 0 aliphatic rings. The van der Waals surface area contributed by atoms with Crippen molar-refractivity contribution >= 4 is 22.8 Å². The monoisotopic (exact) mass is 286 g/mol. The summed E-state index contributed by atoms with van der Waals surface area (Å²) < 4.78 is 0. The van der Waals surface area contributed by atoms with Gasteiger partial charge in [-0.2, -0.15) is 0 Å². The summed E-state index contributed by atoms with van der Waals surface area (Å²) in [6.07, 6.45) is 2.63. The van der Waals surface area contributed by atoms with Crippen LogP contribution >= 0.6 is 0 Å². The normalized spacial score (nSPS) is 12.0. The van der Waals surface area contributed by atoms with Gasteiger partial charge in [0, 0.05) is 36.4 Å². The number of fused-ring (bicyclic) bond motifs is 1. The highest BCUT2D eigenvalue weighted by molar-refractivity contribution is 5.87. The molecule has 0 aliphatic heterocycles. The van der Waals surface area contributed by atoms with E-state index in [1.165, 1.54) is 6.92 Å². The number of para-hydroxylation sites is 1. The Kier molecular flexibility index (Phi) is 4.42. The van der Waals surface area contributed by atoms with Gasteiger partial charge in [0.2, 0.25) is 5.91 Å². The number of H-pyrrole nitrogens is 1. The number of amides is 1. The number of benzene rings is 1. The number of aromatic amines is 1. The third-order valence-corrected chi connectivity index (χ3v) is 3.33. The molecular formula is C16H18N2O3. The van der Waals surface area contributed by atoms with Gasteiger partial charge in [-0.05, 0) is 11.6 Å². The molecule has 0 saturated carbocycles. The number of hydrogen-bond acceptors (Lipinski definition) is 2. The van der Waals surface area contributed by atoms with E-state index in [4.69, 9.17) is 0 Å². The Hall–Kier alpha value is -2.56. The second-order valence-corrected chi connectivity index (χ2v) is 4.92. The standard InChI is InChI=1S/C16H18N2O3/c1-3-6-13-12(9-15(16(20)21)17-10(2)19)11-7-4-5-8-14(11)18-13/h3-5,7-8,15,18H,1,6,9H2,2H3,(H,17,19)(H,20,21). The Morgan fingerprint density at radius 1 is 1.43 bits per heavy atom. The minimum atomic E-state index is -1.04. The van der Waals surface area contributed by atoms with Gasteiger partial charge < -0.3 is 15.4 Å². The van der Waals surface area contributed by atoms with Gasteiger partial charge in [-0.15, -0.1) is 6.58 Å². The van der Waals surface area contributed by atoms with Gasteiger partial charge in [0.1, 0.15) is 6.04 Å². The fraction of sp³-hybridized carbons (Fsp3) is 0.250. The number of carboxylic acids is 1. The molecule has 1 unspecified atom stereocenters. The largest absolute Gasteiger partial charge is 0.480 e. The maximum absolute atomic E-state index is 11.3. The molecule has 1 aromatic carbocycles. The number of carboxylic acid groups (broad SMARTS) is 1. The van der Waals surface area contributed by atoms with Crippen LogP contribution in [0.5, 0.6) is 0 Å². The van der Waals surface area contributed by atoms with Crippen LogP contribution in [0, 0.1) is 0 Å². The van der Waals surface area contributed by atoms with E-state index in [0.717, 1.165) is 22.2 Å². The zero-order valence-corrected chi connectivity index (χ0v) is 11.8. The molecule has 1 atom stereocenters. The molecule has 1 heterocycles. The lowest BCUT2D eigenvalue weighted by molar-refractivity contribution is -0.141. The van der Waals surface area contributed by atoms with Crippen molar-refractivity contribution in [3.63, 3.8) is 0 Å². The van der Waals surface area contributed by atoms with Gasteiger partial charge in [0.05, 0.1) is 0 Å². The molecule has 3 N–H and O–H groups in total. The Morgan fingerprint density at radius 2 is 2.14 bits per heavy atom. The number of carbonyl (C=O) groups is 2. The number of aromatic nitrogens is 1. The molecule has 21 heavy (non-hydrogen) atoms. The first-order chi connectivity index (χ1) is 10.0. The number of aliphatic carboxylic acids is 1. The van der Waals surface area contributed by atoms with Gasteiger partial charge in [-0.25, -0.2) is 4.79 Å². The summed E-state index contributed by atoms with van der Waals surface area (Å²) in [5, 5.41) is 12.7. The highest BCUT2D eigenvalue weighted by Gasteiger charge is 2.22. The minimum Gasteiger partial charge on any atom is -0.480 e. The lowest BCUT2D eigenvalue weighted by Gasteiger charge is -2.14. The fourth-order valence-corrected chi connectivity index (χ4v) is 2.46. The van der Waals surface area contributed by atoms with Gasteiger partial charge >= 0.3 is 5.97 Å². The van der Waals surface area contributed by atoms with Crippen molar-refractivity contribution in [1.29, 1.82) is 0 Å². The van der Waals surface area contributed by atoms with E-state index in [-0.39, 0.29) is 12.3 Å². The molecule has 0 saturated heterocycles. The second kappa shape index (κ2) is 6.26. The van der Waals surface area contributed by atoms with Crippen molar-refractivity contribution in [3.05, 3.63) is 48.2 Å². The van der Waals surface area contributed by atoms with Crippen LogP contribution in [0.15, 0.2) is 36.9 Å². The second-order valence-electron chi connectivity index (χ2n) is 4.92. The lowest BCUT2D eigenvalue weighted by Crippen LogP contribution is -2.41. The summed E-state index contributed by atoms with van der Waals surface area (Å²) in [6, 6.07) is 6.78. The summed E-state index contributed by atoms with van der Waals surface area (Å²) in [5.41, 5.74) is 2.80. The Labute approximate surface area is 122 Å². The average molecular weight is 286 g/mol. The molecule has 0 fully saturated rings. The van der Waals surface area contributed by atoms with Crippen molar-refractivity contribution < 1.29 is 14.7 Å². The van der Waals surface area contributed by atoms with Crippen LogP contribution in [0.3, 0.4) is 0 Å². The summed E-state index contributed by atoms with van der Waals surface area (Å²) in [6.45, 7) is 5.04. The van der Waals surface area contributed by atoms with Gasteiger partial charge in [0.25, 0.3) is 0 Å². The van der Waals surface area contributed by atoms with Crippen molar-refractivity contribution in [1.82, 2.24) is 10.3 Å². The molecule has 1 amide bonds. The van der Waals surface area contributed by atoms with E-state index in [0.29, 0.717) is 6.42 Å². The average Bonchev–Trinajstić information content (AvgIpc) is 2.76. The predicted molar refractivity (Wildman–Crippen MR) is 81.1 cm³/mol. The van der Waals surface area contributed by atoms with Crippen LogP contribution in [0.4, 0.5) is 0 Å². The number of hydrogen-bond donors (Lipinski definition) is 3. The van der Waals surface area contributed by atoms with Gasteiger partial charge in [-0.3, -0.25) is 4.79 Å². The van der Waals surface area contributed by atoms with E-state index in [1.54, 1.807) is 6.08 Å². The Morgan fingerprint density at radius 3 is 2.76 bits per heavy atom. The smallest absolute Gasteiger partial charge is 0.326 e. The number of nitrogens with one attached hydrogen (secondary N) is 2. The van der Waals surface area contributed by atoms with Crippen LogP contribution < -0.4 is 5.32 Å². The molecule has 0 aliphatic carbocycles. The molecular weight excluding hydrogens is 268 g/mol. The topological polar surface area (TPSA) is 82.2 Å². The number of carbonyl (C=O) groups excluding carboxylic acids is 1. The zero-order chi connectivity index (χ0) is 15.4.